The van der Waals surface area contributed by atoms with Crippen LogP contribution in [0, 0.1) is 0 Å². The minimum Gasteiger partial charge on any atom is -0.468 e. The zero-order chi connectivity index (χ0) is 12.1. The van der Waals surface area contributed by atoms with Gasteiger partial charge in [-0.15, -0.1) is 0 Å². The molecule has 2 heterocycles. The van der Waals surface area contributed by atoms with Gasteiger partial charge in [-0.3, -0.25) is 9.78 Å². The van der Waals surface area contributed by atoms with Crippen molar-refractivity contribution in [3.63, 3.8) is 0 Å². The first-order valence-electron chi connectivity index (χ1n) is 6.02. The Bertz CT molecular complexity index is 361. The number of methoxy groups -OCH3 is 1. The number of rotatable bonds is 4. The molecule has 2 rings (SSSR count). The highest BCUT2D eigenvalue weighted by atomic mass is 16.5. The van der Waals surface area contributed by atoms with Gasteiger partial charge in [0, 0.05) is 12.7 Å². The van der Waals surface area contributed by atoms with E-state index in [0.717, 1.165) is 18.8 Å². The van der Waals surface area contributed by atoms with Crippen LogP contribution in [0.4, 0.5) is 0 Å². The van der Waals surface area contributed by atoms with Crippen molar-refractivity contribution in [3.05, 3.63) is 30.1 Å². The van der Waals surface area contributed by atoms with Gasteiger partial charge in [-0.2, -0.15) is 0 Å². The molecule has 0 aromatic carbocycles. The molecule has 1 fully saturated rings. The number of esters is 1. The van der Waals surface area contributed by atoms with Crippen LogP contribution in [0.1, 0.15) is 24.5 Å². The van der Waals surface area contributed by atoms with Crippen molar-refractivity contribution in [2.75, 3.05) is 26.7 Å². The lowest BCUT2D eigenvalue weighted by Crippen LogP contribution is -2.30. The Morgan fingerprint density at radius 2 is 2.24 bits per heavy atom. The highest BCUT2D eigenvalue weighted by Gasteiger charge is 2.26. The normalized spacial score (nSPS) is 17.9. The van der Waals surface area contributed by atoms with Crippen molar-refractivity contribution < 1.29 is 9.53 Å². The number of hydrogen-bond acceptors (Lipinski definition) is 4. The molecule has 1 aromatic rings. The fourth-order valence-corrected chi connectivity index (χ4v) is 2.24. The Balaban J connectivity index is 2.10. The van der Waals surface area contributed by atoms with E-state index in [4.69, 9.17) is 4.74 Å². The largest absolute Gasteiger partial charge is 0.468 e. The van der Waals surface area contributed by atoms with Gasteiger partial charge in [-0.1, -0.05) is 6.07 Å². The van der Waals surface area contributed by atoms with Crippen molar-refractivity contribution in [3.8, 4) is 0 Å². The maximum Gasteiger partial charge on any atom is 0.316 e. The summed E-state index contributed by atoms with van der Waals surface area (Å²) in [5.41, 5.74) is 0.797. The number of nitrogens with zero attached hydrogens (tertiary/aromatic N) is 2. The minimum atomic E-state index is -0.265. The minimum absolute atomic E-state index is 0.199. The molecule has 1 unspecified atom stereocenters. The topological polar surface area (TPSA) is 42.4 Å². The second kappa shape index (κ2) is 5.77. The molecule has 1 aliphatic heterocycles. The highest BCUT2D eigenvalue weighted by Crippen LogP contribution is 2.19. The Labute approximate surface area is 102 Å². The van der Waals surface area contributed by atoms with E-state index in [2.05, 4.69) is 9.88 Å². The summed E-state index contributed by atoms with van der Waals surface area (Å²) < 4.78 is 4.87. The fourth-order valence-electron chi connectivity index (χ4n) is 2.24. The first-order valence-corrected chi connectivity index (χ1v) is 6.02. The third kappa shape index (κ3) is 3.03. The lowest BCUT2D eigenvalue weighted by Gasteiger charge is -2.21. The summed E-state index contributed by atoms with van der Waals surface area (Å²) in [6.07, 6.45) is 4.15. The third-order valence-electron chi connectivity index (χ3n) is 3.17. The van der Waals surface area contributed by atoms with Crippen LogP contribution in [0.5, 0.6) is 0 Å². The number of pyridine rings is 1. The van der Waals surface area contributed by atoms with Crippen LogP contribution in [0.25, 0.3) is 0 Å². The SMILES string of the molecule is COC(=O)C(CN1CCCC1)c1ccccn1. The molecular weight excluding hydrogens is 216 g/mol. The summed E-state index contributed by atoms with van der Waals surface area (Å²) in [5.74, 6) is -0.463. The Morgan fingerprint density at radius 3 is 2.82 bits per heavy atom. The predicted molar refractivity (Wildman–Crippen MR) is 64.7 cm³/mol. The van der Waals surface area contributed by atoms with Gasteiger partial charge in [0.1, 0.15) is 5.92 Å². The Kier molecular flexibility index (Phi) is 4.09. The molecule has 4 nitrogen and oxygen atoms in total. The number of likely N-dealkylation sites (tertiary alicyclic amines) is 1. The van der Waals surface area contributed by atoms with Crippen LogP contribution >= 0.6 is 0 Å². The van der Waals surface area contributed by atoms with Crippen molar-refractivity contribution >= 4 is 5.97 Å². The Morgan fingerprint density at radius 1 is 1.47 bits per heavy atom. The van der Waals surface area contributed by atoms with Crippen LogP contribution < -0.4 is 0 Å². The average molecular weight is 234 g/mol. The molecule has 92 valence electrons. The quantitative estimate of drug-likeness (QED) is 0.739. The summed E-state index contributed by atoms with van der Waals surface area (Å²) in [6.45, 7) is 2.85. The molecule has 4 heteroatoms. The monoisotopic (exact) mass is 234 g/mol. The summed E-state index contributed by atoms with van der Waals surface area (Å²) in [5, 5.41) is 0. The lowest BCUT2D eigenvalue weighted by molar-refractivity contribution is -0.143. The van der Waals surface area contributed by atoms with Gasteiger partial charge < -0.3 is 9.64 Å². The first kappa shape index (κ1) is 12.0. The maximum absolute atomic E-state index is 11.8. The average Bonchev–Trinajstić information content (AvgIpc) is 2.89. The number of hydrogen-bond donors (Lipinski definition) is 0. The van der Waals surface area contributed by atoms with E-state index < -0.39 is 0 Å². The molecule has 0 radical (unpaired) electrons. The molecule has 0 N–H and O–H groups in total. The first-order chi connectivity index (χ1) is 8.31. The van der Waals surface area contributed by atoms with Crippen molar-refractivity contribution in [1.29, 1.82) is 0 Å². The zero-order valence-electron chi connectivity index (χ0n) is 10.1. The third-order valence-corrected chi connectivity index (χ3v) is 3.17. The molecule has 0 amide bonds. The molecule has 1 aromatic heterocycles. The summed E-state index contributed by atoms with van der Waals surface area (Å²) in [6, 6.07) is 5.65. The van der Waals surface area contributed by atoms with Gasteiger partial charge in [0.15, 0.2) is 0 Å². The number of ether oxygens (including phenoxy) is 1. The van der Waals surface area contributed by atoms with Crippen LogP contribution in [0.2, 0.25) is 0 Å². The van der Waals surface area contributed by atoms with Gasteiger partial charge in [0.25, 0.3) is 0 Å². The zero-order valence-corrected chi connectivity index (χ0v) is 10.1. The standard InChI is InChI=1S/C13H18N2O2/c1-17-13(16)11(10-15-8-4-5-9-15)12-6-2-3-7-14-12/h2-3,6-7,11H,4-5,8-10H2,1H3. The van der Waals surface area contributed by atoms with E-state index in [-0.39, 0.29) is 11.9 Å². The molecule has 0 spiro atoms. The van der Waals surface area contributed by atoms with Crippen LogP contribution in [0.3, 0.4) is 0 Å². The van der Waals surface area contributed by atoms with Gasteiger partial charge in [-0.05, 0) is 38.1 Å². The molecular formula is C13H18N2O2. The second-order valence-corrected chi connectivity index (χ2v) is 4.34. The predicted octanol–water partition coefficient (Wildman–Crippen LogP) is 1.43. The molecule has 0 bridgehead atoms. The fraction of sp³-hybridized carbons (Fsp3) is 0.538. The molecule has 1 atom stereocenters. The number of carbonyl (C=O) groups excluding carboxylic acids is 1. The van der Waals surface area contributed by atoms with Gasteiger partial charge in [-0.25, -0.2) is 0 Å². The van der Waals surface area contributed by atoms with E-state index in [1.807, 2.05) is 18.2 Å². The molecule has 1 aliphatic rings. The van der Waals surface area contributed by atoms with Crippen LogP contribution in [-0.4, -0.2) is 42.6 Å². The van der Waals surface area contributed by atoms with Crippen LogP contribution in [0.15, 0.2) is 24.4 Å². The van der Waals surface area contributed by atoms with E-state index in [9.17, 15) is 4.79 Å². The van der Waals surface area contributed by atoms with Crippen molar-refractivity contribution in [2.45, 2.75) is 18.8 Å². The van der Waals surface area contributed by atoms with Crippen molar-refractivity contribution in [2.24, 2.45) is 0 Å². The number of aromatic nitrogens is 1. The molecule has 17 heavy (non-hydrogen) atoms. The highest BCUT2D eigenvalue weighted by molar-refractivity contribution is 5.77. The van der Waals surface area contributed by atoms with Crippen LogP contribution in [-0.2, 0) is 9.53 Å². The van der Waals surface area contributed by atoms with E-state index >= 15 is 0 Å². The lowest BCUT2D eigenvalue weighted by atomic mass is 10.0. The van der Waals surface area contributed by atoms with E-state index in [0.29, 0.717) is 6.54 Å². The Hall–Kier alpha value is -1.42. The molecule has 1 saturated heterocycles. The van der Waals surface area contributed by atoms with E-state index in [1.165, 1.54) is 20.0 Å². The summed E-state index contributed by atoms with van der Waals surface area (Å²) >= 11 is 0. The maximum atomic E-state index is 11.8. The van der Waals surface area contributed by atoms with Gasteiger partial charge >= 0.3 is 5.97 Å². The van der Waals surface area contributed by atoms with Crippen molar-refractivity contribution in [1.82, 2.24) is 9.88 Å². The van der Waals surface area contributed by atoms with Gasteiger partial charge in [0.2, 0.25) is 0 Å². The molecule has 0 aliphatic carbocycles. The summed E-state index contributed by atoms with van der Waals surface area (Å²) in [7, 11) is 1.43. The number of carbonyl (C=O) groups is 1. The van der Waals surface area contributed by atoms with E-state index in [1.54, 1.807) is 6.20 Å². The second-order valence-electron chi connectivity index (χ2n) is 4.34. The smallest absolute Gasteiger partial charge is 0.316 e. The molecule has 0 saturated carbocycles. The summed E-state index contributed by atoms with van der Waals surface area (Å²) in [4.78, 5) is 18.4. The van der Waals surface area contributed by atoms with Gasteiger partial charge in [0.05, 0.1) is 12.8 Å².